The van der Waals surface area contributed by atoms with Crippen molar-refractivity contribution in [1.29, 1.82) is 0 Å². The summed E-state index contributed by atoms with van der Waals surface area (Å²) in [4.78, 5) is 28.4. The van der Waals surface area contributed by atoms with E-state index in [2.05, 4.69) is 4.98 Å². The van der Waals surface area contributed by atoms with Gasteiger partial charge in [-0.05, 0) is 54.6 Å². The van der Waals surface area contributed by atoms with Crippen LogP contribution in [-0.4, -0.2) is 34.8 Å². The average Bonchev–Trinajstić information content (AvgIpc) is 2.72. The van der Waals surface area contributed by atoms with E-state index in [1.54, 1.807) is 12.1 Å². The summed E-state index contributed by atoms with van der Waals surface area (Å²) in [6.07, 6.45) is 3.13. The van der Waals surface area contributed by atoms with Crippen LogP contribution in [0, 0.1) is 0 Å². The molecule has 0 aliphatic carbocycles. The Bertz CT molecular complexity index is 1150. The first-order chi connectivity index (χ1) is 13.9. The Morgan fingerprint density at radius 2 is 1.83 bits per heavy atom. The minimum Gasteiger partial charge on any atom is -0.867 e. The molecule has 8 nitrogen and oxygen atoms in total. The molecule has 0 spiro atoms. The van der Waals surface area contributed by atoms with Gasteiger partial charge in [-0.3, -0.25) is 4.79 Å². The number of aryl methyl sites for hydroxylation is 1. The second kappa shape index (κ2) is 8.05. The fraction of sp³-hybridized carbons (Fsp3) is 0.190. The van der Waals surface area contributed by atoms with Crippen LogP contribution in [0.15, 0.2) is 35.1 Å². The van der Waals surface area contributed by atoms with Crippen molar-refractivity contribution in [1.82, 2.24) is 9.55 Å². The summed E-state index contributed by atoms with van der Waals surface area (Å²) in [6, 6.07) is 7.51. The van der Waals surface area contributed by atoms with Gasteiger partial charge in [-0.15, -0.1) is 0 Å². The number of hydrogen-bond donors (Lipinski definition) is 1. The first-order valence-electron chi connectivity index (χ1n) is 8.78. The normalized spacial score (nSPS) is 11.1. The largest absolute Gasteiger partial charge is 0.867 e. The third kappa shape index (κ3) is 3.77. The highest BCUT2D eigenvalue weighted by Gasteiger charge is 2.11. The van der Waals surface area contributed by atoms with Gasteiger partial charge >= 0.3 is 5.97 Å². The number of fused-ring (bicyclic) bond motifs is 1. The second-order valence-electron chi connectivity index (χ2n) is 6.14. The van der Waals surface area contributed by atoms with Gasteiger partial charge in [-0.2, -0.15) is 0 Å². The predicted molar refractivity (Wildman–Crippen MR) is 107 cm³/mol. The maximum atomic E-state index is 12.8. The Hall–Kier alpha value is -3.81. The number of nitrogens with zero attached hydrogens (tertiary/aromatic N) is 2. The lowest BCUT2D eigenvalue weighted by Gasteiger charge is -2.17. The van der Waals surface area contributed by atoms with Crippen molar-refractivity contribution in [2.24, 2.45) is 0 Å². The van der Waals surface area contributed by atoms with Gasteiger partial charge in [0.05, 0.1) is 30.8 Å². The van der Waals surface area contributed by atoms with E-state index in [0.29, 0.717) is 23.1 Å². The monoisotopic (exact) mass is 395 g/mol. The lowest BCUT2D eigenvalue weighted by atomic mass is 10.1. The van der Waals surface area contributed by atoms with Crippen LogP contribution in [0.5, 0.6) is 17.2 Å². The zero-order valence-corrected chi connectivity index (χ0v) is 16.1. The molecule has 0 unspecified atom stereocenters. The number of rotatable bonds is 6. The molecule has 0 fully saturated rings. The summed E-state index contributed by atoms with van der Waals surface area (Å²) >= 11 is 0. The quantitative estimate of drug-likeness (QED) is 0.681. The van der Waals surface area contributed by atoms with E-state index >= 15 is 0 Å². The molecule has 0 saturated carbocycles. The van der Waals surface area contributed by atoms with Gasteiger partial charge in [0.1, 0.15) is 17.2 Å². The fourth-order valence-corrected chi connectivity index (χ4v) is 2.99. The van der Waals surface area contributed by atoms with Crippen LogP contribution in [-0.2, 0) is 6.54 Å². The summed E-state index contributed by atoms with van der Waals surface area (Å²) in [5.41, 5.74) is 1.46. The zero-order chi connectivity index (χ0) is 21.1. The molecule has 1 aromatic heterocycles. The van der Waals surface area contributed by atoms with Crippen molar-refractivity contribution in [2.75, 3.05) is 14.2 Å². The van der Waals surface area contributed by atoms with Gasteiger partial charge < -0.3 is 24.3 Å². The van der Waals surface area contributed by atoms with Crippen LogP contribution in [0.1, 0.15) is 28.5 Å². The number of aromatic nitrogens is 2. The zero-order valence-electron chi connectivity index (χ0n) is 16.1. The van der Waals surface area contributed by atoms with Crippen LogP contribution in [0.3, 0.4) is 0 Å². The second-order valence-corrected chi connectivity index (χ2v) is 6.14. The van der Waals surface area contributed by atoms with Crippen LogP contribution in [0.25, 0.3) is 23.2 Å². The van der Waals surface area contributed by atoms with Gasteiger partial charge in [-0.1, -0.05) is 6.08 Å². The Balaban J connectivity index is 2.13. The third-order valence-electron chi connectivity index (χ3n) is 4.45. The molecule has 0 atom stereocenters. The van der Waals surface area contributed by atoms with Crippen molar-refractivity contribution >= 4 is 29.2 Å². The summed E-state index contributed by atoms with van der Waals surface area (Å²) in [5.74, 6) is -1.21. The SMILES string of the molecule is CCn1c(=O)c(/C=C/c2cc(OC)c([O-])c(OC)c2)nc2cc(C(=O)O)ccc21. The standard InChI is InChI=1S/C21H20N2O6/c1-4-23-16-8-6-13(21(26)27)11-15(16)22-14(20(23)25)7-5-12-9-17(28-2)19(24)18(10-12)29-3/h5-11,24H,4H2,1-3H3,(H,26,27)/p-1/b7-5+. The molecule has 8 heteroatoms. The maximum Gasteiger partial charge on any atom is 0.335 e. The third-order valence-corrected chi connectivity index (χ3v) is 4.45. The Morgan fingerprint density at radius 3 is 2.38 bits per heavy atom. The highest BCUT2D eigenvalue weighted by molar-refractivity contribution is 5.92. The van der Waals surface area contributed by atoms with Gasteiger partial charge in [0.15, 0.2) is 0 Å². The molecule has 2 aromatic carbocycles. The molecule has 0 aliphatic rings. The topological polar surface area (TPSA) is 114 Å². The lowest BCUT2D eigenvalue weighted by molar-refractivity contribution is -0.271. The molecule has 3 aromatic rings. The Kier molecular flexibility index (Phi) is 5.54. The van der Waals surface area contributed by atoms with E-state index in [9.17, 15) is 19.8 Å². The highest BCUT2D eigenvalue weighted by atomic mass is 16.5. The van der Waals surface area contributed by atoms with Crippen molar-refractivity contribution in [3.63, 3.8) is 0 Å². The molecule has 29 heavy (non-hydrogen) atoms. The van der Waals surface area contributed by atoms with E-state index in [1.165, 1.54) is 49.1 Å². The first kappa shape index (κ1) is 19.9. The molecular weight excluding hydrogens is 376 g/mol. The maximum absolute atomic E-state index is 12.8. The van der Waals surface area contributed by atoms with Crippen LogP contribution < -0.4 is 20.1 Å². The van der Waals surface area contributed by atoms with Gasteiger partial charge in [-0.25, -0.2) is 9.78 Å². The van der Waals surface area contributed by atoms with E-state index in [0.717, 1.165) is 0 Å². The van der Waals surface area contributed by atoms with Gasteiger partial charge in [0.2, 0.25) is 0 Å². The summed E-state index contributed by atoms with van der Waals surface area (Å²) in [6.45, 7) is 2.22. The van der Waals surface area contributed by atoms with Crippen LogP contribution >= 0.6 is 0 Å². The first-order valence-corrected chi connectivity index (χ1v) is 8.78. The van der Waals surface area contributed by atoms with Crippen molar-refractivity contribution in [3.05, 3.63) is 57.5 Å². The number of benzene rings is 2. The number of hydrogen-bond acceptors (Lipinski definition) is 6. The molecule has 0 aliphatic heterocycles. The summed E-state index contributed by atoms with van der Waals surface area (Å²) < 4.78 is 11.7. The van der Waals surface area contributed by atoms with Crippen LogP contribution in [0.4, 0.5) is 0 Å². The molecule has 3 rings (SSSR count). The van der Waals surface area contributed by atoms with E-state index in [1.807, 2.05) is 6.92 Å². The molecule has 0 saturated heterocycles. The molecule has 1 heterocycles. The Labute approximate surface area is 166 Å². The lowest BCUT2D eigenvalue weighted by Crippen LogP contribution is -2.23. The van der Waals surface area contributed by atoms with Crippen LogP contribution in [0.2, 0.25) is 0 Å². The number of carbonyl (C=O) groups is 1. The smallest absolute Gasteiger partial charge is 0.335 e. The van der Waals surface area contributed by atoms with E-state index in [4.69, 9.17) is 9.47 Å². The molecule has 1 N–H and O–H groups in total. The molecule has 0 radical (unpaired) electrons. The molecule has 0 amide bonds. The van der Waals surface area contributed by atoms with Gasteiger partial charge in [0, 0.05) is 6.54 Å². The molecule has 150 valence electrons. The predicted octanol–water partition coefficient (Wildman–Crippen LogP) is 2.38. The highest BCUT2D eigenvalue weighted by Crippen LogP contribution is 2.35. The fourth-order valence-electron chi connectivity index (χ4n) is 2.99. The van der Waals surface area contributed by atoms with Crippen molar-refractivity contribution < 1.29 is 24.5 Å². The molecule has 0 bridgehead atoms. The van der Waals surface area contributed by atoms with E-state index < -0.39 is 5.97 Å². The number of carboxylic acid groups (broad SMARTS) is 1. The number of methoxy groups -OCH3 is 2. The minimum absolute atomic E-state index is 0.0849. The van der Waals surface area contributed by atoms with Gasteiger partial charge in [0.25, 0.3) is 5.56 Å². The number of aromatic carboxylic acids is 1. The molecular formula is C21H19N2O6-. The van der Waals surface area contributed by atoms with Crippen molar-refractivity contribution in [2.45, 2.75) is 13.5 Å². The summed E-state index contributed by atoms with van der Waals surface area (Å²) in [7, 11) is 2.77. The minimum atomic E-state index is -1.07. The number of ether oxygens (including phenoxy) is 2. The van der Waals surface area contributed by atoms with Crippen molar-refractivity contribution in [3.8, 4) is 17.2 Å². The van der Waals surface area contributed by atoms with E-state index in [-0.39, 0.29) is 34.1 Å². The number of carboxylic acids is 1. The average molecular weight is 395 g/mol. The summed E-state index contributed by atoms with van der Waals surface area (Å²) in [5, 5.41) is 21.2. The Morgan fingerprint density at radius 1 is 1.17 bits per heavy atom.